The van der Waals surface area contributed by atoms with E-state index in [1.165, 1.54) is 28.8 Å². The van der Waals surface area contributed by atoms with Gasteiger partial charge in [-0.05, 0) is 42.9 Å². The molecule has 0 amide bonds. The first-order chi connectivity index (χ1) is 6.33. The molecule has 0 saturated heterocycles. The molecule has 0 radical (unpaired) electrons. The summed E-state index contributed by atoms with van der Waals surface area (Å²) < 4.78 is 0. The molecule has 1 aromatic rings. The molecule has 0 saturated carbocycles. The topological polar surface area (TPSA) is 12.4 Å². The summed E-state index contributed by atoms with van der Waals surface area (Å²) in [6.07, 6.45) is 5.43. The Labute approximate surface area is 79.5 Å². The Bertz CT molecular complexity index is 350. The van der Waals surface area contributed by atoms with Crippen LogP contribution in [0.3, 0.4) is 0 Å². The molecule has 0 aromatic heterocycles. The van der Waals surface area contributed by atoms with Gasteiger partial charge in [0.1, 0.15) is 0 Å². The van der Waals surface area contributed by atoms with Crippen LogP contribution in [0.5, 0.6) is 0 Å². The lowest BCUT2D eigenvalue weighted by Crippen LogP contribution is -2.00. The molecule has 1 heteroatoms. The number of nitrogens with zero attached hydrogens (tertiary/aromatic N) is 1. The van der Waals surface area contributed by atoms with Crippen LogP contribution in [0.25, 0.3) is 0 Å². The van der Waals surface area contributed by atoms with Gasteiger partial charge in [-0.1, -0.05) is 19.1 Å². The molecule has 0 atom stereocenters. The van der Waals surface area contributed by atoms with Crippen LogP contribution in [-0.2, 0) is 12.8 Å². The standard InChI is InChI=1S/C12H15N/c1-3-10-7-6-9(2)12-11(10)5-4-8-13-12/h6-8H,3-5H2,1-2H3. The van der Waals surface area contributed by atoms with Gasteiger partial charge in [0.2, 0.25) is 0 Å². The monoisotopic (exact) mass is 173 g/mol. The quantitative estimate of drug-likeness (QED) is 0.618. The van der Waals surface area contributed by atoms with Gasteiger partial charge < -0.3 is 0 Å². The van der Waals surface area contributed by atoms with E-state index in [4.69, 9.17) is 0 Å². The highest BCUT2D eigenvalue weighted by atomic mass is 14.7. The van der Waals surface area contributed by atoms with Crippen molar-refractivity contribution >= 4 is 11.9 Å². The number of fused-ring (bicyclic) bond motifs is 1. The lowest BCUT2D eigenvalue weighted by Gasteiger charge is -2.15. The zero-order valence-electron chi connectivity index (χ0n) is 8.30. The molecule has 1 heterocycles. The molecule has 0 fully saturated rings. The zero-order valence-corrected chi connectivity index (χ0v) is 8.30. The van der Waals surface area contributed by atoms with Crippen molar-refractivity contribution in [2.75, 3.05) is 0 Å². The fraction of sp³-hybridized carbons (Fsp3) is 0.417. The van der Waals surface area contributed by atoms with Crippen LogP contribution >= 0.6 is 0 Å². The number of aryl methyl sites for hydroxylation is 2. The summed E-state index contributed by atoms with van der Waals surface area (Å²) in [5.74, 6) is 0. The fourth-order valence-electron chi connectivity index (χ4n) is 1.95. The van der Waals surface area contributed by atoms with Crippen molar-refractivity contribution in [2.24, 2.45) is 4.99 Å². The predicted molar refractivity (Wildman–Crippen MR) is 57.0 cm³/mol. The van der Waals surface area contributed by atoms with Crippen molar-refractivity contribution in [3.05, 3.63) is 28.8 Å². The van der Waals surface area contributed by atoms with E-state index in [1.54, 1.807) is 0 Å². The second-order valence-electron chi connectivity index (χ2n) is 3.57. The third-order valence-corrected chi connectivity index (χ3v) is 2.71. The van der Waals surface area contributed by atoms with Gasteiger partial charge in [0.05, 0.1) is 5.69 Å². The minimum atomic E-state index is 1.10. The molecule has 0 spiro atoms. The Morgan fingerprint density at radius 2 is 2.23 bits per heavy atom. The zero-order chi connectivity index (χ0) is 9.26. The summed E-state index contributed by atoms with van der Waals surface area (Å²) in [6, 6.07) is 4.43. The normalized spacial score (nSPS) is 14.3. The summed E-state index contributed by atoms with van der Waals surface area (Å²) >= 11 is 0. The van der Waals surface area contributed by atoms with E-state index in [2.05, 4.69) is 31.0 Å². The first-order valence-electron chi connectivity index (χ1n) is 4.96. The van der Waals surface area contributed by atoms with Crippen molar-refractivity contribution in [1.29, 1.82) is 0 Å². The van der Waals surface area contributed by atoms with E-state index in [9.17, 15) is 0 Å². The first-order valence-corrected chi connectivity index (χ1v) is 4.96. The van der Waals surface area contributed by atoms with Gasteiger partial charge in [-0.25, -0.2) is 0 Å². The molecule has 2 rings (SSSR count). The van der Waals surface area contributed by atoms with Crippen LogP contribution in [0.1, 0.15) is 30.0 Å². The molecule has 68 valence electrons. The van der Waals surface area contributed by atoms with E-state index in [0.29, 0.717) is 0 Å². The Balaban J connectivity index is 2.61. The number of rotatable bonds is 1. The molecule has 0 unspecified atom stereocenters. The van der Waals surface area contributed by atoms with E-state index in [1.807, 2.05) is 6.21 Å². The van der Waals surface area contributed by atoms with E-state index in [-0.39, 0.29) is 0 Å². The van der Waals surface area contributed by atoms with Crippen LogP contribution in [0.4, 0.5) is 5.69 Å². The largest absolute Gasteiger partial charge is 0.261 e. The highest BCUT2D eigenvalue weighted by Gasteiger charge is 2.11. The third-order valence-electron chi connectivity index (χ3n) is 2.71. The van der Waals surface area contributed by atoms with Gasteiger partial charge >= 0.3 is 0 Å². The van der Waals surface area contributed by atoms with Gasteiger partial charge in [-0.15, -0.1) is 0 Å². The lowest BCUT2D eigenvalue weighted by atomic mass is 9.95. The van der Waals surface area contributed by atoms with Crippen molar-refractivity contribution in [3.8, 4) is 0 Å². The number of hydrogen-bond donors (Lipinski definition) is 0. The van der Waals surface area contributed by atoms with Crippen molar-refractivity contribution in [2.45, 2.75) is 33.1 Å². The maximum Gasteiger partial charge on any atom is 0.0689 e. The molecule has 13 heavy (non-hydrogen) atoms. The molecule has 0 N–H and O–H groups in total. The van der Waals surface area contributed by atoms with Crippen LogP contribution < -0.4 is 0 Å². The number of benzene rings is 1. The number of hydrogen-bond acceptors (Lipinski definition) is 1. The fourth-order valence-corrected chi connectivity index (χ4v) is 1.95. The summed E-state index contributed by atoms with van der Waals surface area (Å²) in [5.41, 5.74) is 5.48. The predicted octanol–water partition coefficient (Wildman–Crippen LogP) is 3.21. The van der Waals surface area contributed by atoms with E-state index < -0.39 is 0 Å². The van der Waals surface area contributed by atoms with Crippen LogP contribution in [-0.4, -0.2) is 6.21 Å². The van der Waals surface area contributed by atoms with E-state index >= 15 is 0 Å². The smallest absolute Gasteiger partial charge is 0.0689 e. The summed E-state index contributed by atoms with van der Waals surface area (Å²) in [6.45, 7) is 4.35. The van der Waals surface area contributed by atoms with Crippen LogP contribution in [0, 0.1) is 6.92 Å². The highest BCUT2D eigenvalue weighted by Crippen LogP contribution is 2.30. The van der Waals surface area contributed by atoms with Gasteiger partial charge in [0.15, 0.2) is 0 Å². The average molecular weight is 173 g/mol. The maximum atomic E-state index is 4.48. The highest BCUT2D eigenvalue weighted by molar-refractivity contribution is 5.71. The second kappa shape index (κ2) is 3.33. The second-order valence-corrected chi connectivity index (χ2v) is 3.57. The molecule has 1 nitrogen and oxygen atoms in total. The van der Waals surface area contributed by atoms with Gasteiger partial charge in [-0.3, -0.25) is 4.99 Å². The third kappa shape index (κ3) is 1.39. The first kappa shape index (κ1) is 8.49. The minimum absolute atomic E-state index is 1.10. The lowest BCUT2D eigenvalue weighted by molar-refractivity contribution is 0.971. The Morgan fingerprint density at radius 3 is 3.00 bits per heavy atom. The van der Waals surface area contributed by atoms with Gasteiger partial charge in [0.25, 0.3) is 0 Å². The molecule has 0 aliphatic carbocycles. The molecular weight excluding hydrogens is 158 g/mol. The molecule has 1 aliphatic heterocycles. The maximum absolute atomic E-state index is 4.48. The van der Waals surface area contributed by atoms with Crippen molar-refractivity contribution < 1.29 is 0 Å². The Morgan fingerprint density at radius 1 is 1.38 bits per heavy atom. The summed E-state index contributed by atoms with van der Waals surface area (Å²) in [7, 11) is 0. The molecule has 0 bridgehead atoms. The van der Waals surface area contributed by atoms with Gasteiger partial charge in [0, 0.05) is 6.21 Å². The number of aliphatic imine (C=N–C) groups is 1. The molecule has 1 aromatic carbocycles. The van der Waals surface area contributed by atoms with Crippen molar-refractivity contribution in [1.82, 2.24) is 0 Å². The van der Waals surface area contributed by atoms with Crippen molar-refractivity contribution in [3.63, 3.8) is 0 Å². The SMILES string of the molecule is CCc1ccc(C)c2c1CCC=N2. The molecule has 1 aliphatic rings. The van der Waals surface area contributed by atoms with Crippen LogP contribution in [0.15, 0.2) is 17.1 Å². The molecular formula is C12H15N. The minimum Gasteiger partial charge on any atom is -0.261 e. The summed E-state index contributed by atoms with van der Waals surface area (Å²) in [4.78, 5) is 4.48. The summed E-state index contributed by atoms with van der Waals surface area (Å²) in [5, 5.41) is 0. The Kier molecular flexibility index (Phi) is 2.17. The Hall–Kier alpha value is -1.11. The van der Waals surface area contributed by atoms with E-state index in [0.717, 1.165) is 12.8 Å². The average Bonchev–Trinajstić information content (AvgIpc) is 2.19. The van der Waals surface area contributed by atoms with Crippen LogP contribution in [0.2, 0.25) is 0 Å². The van der Waals surface area contributed by atoms with Gasteiger partial charge in [-0.2, -0.15) is 0 Å².